The second-order valence-corrected chi connectivity index (χ2v) is 7.55. The quantitative estimate of drug-likeness (QED) is 0.663. The number of rotatable bonds is 4. The van der Waals surface area contributed by atoms with Gasteiger partial charge in [0.1, 0.15) is 17.8 Å². The molecule has 134 valence electrons. The molecule has 1 aromatic heterocycles. The van der Waals surface area contributed by atoms with Crippen LogP contribution in [-0.2, 0) is 20.9 Å². The number of pyridine rings is 1. The molecule has 0 aliphatic heterocycles. The summed E-state index contributed by atoms with van der Waals surface area (Å²) in [6.45, 7) is 8.92. The molecule has 25 heavy (non-hydrogen) atoms. The number of nitrogens with zero attached hydrogens (tertiary/aromatic N) is 1. The predicted molar refractivity (Wildman–Crippen MR) is 98.3 cm³/mol. The predicted octanol–water partition coefficient (Wildman–Crippen LogP) is 3.79. The van der Waals surface area contributed by atoms with Gasteiger partial charge in [0.05, 0.1) is 5.52 Å². The zero-order valence-electron chi connectivity index (χ0n) is 15.1. The van der Waals surface area contributed by atoms with Crippen LogP contribution in [0.4, 0.5) is 0 Å². The molecule has 1 heterocycles. The molecule has 0 radical (unpaired) electrons. The van der Waals surface area contributed by atoms with Crippen LogP contribution in [0.25, 0.3) is 10.9 Å². The highest BCUT2D eigenvalue weighted by Gasteiger charge is 2.25. The van der Waals surface area contributed by atoms with E-state index in [-0.39, 0.29) is 12.5 Å². The molecular weight excluding hydrogens is 340 g/mol. The molecule has 0 bridgehead atoms. The summed E-state index contributed by atoms with van der Waals surface area (Å²) in [5.74, 6) is -0.726. The van der Waals surface area contributed by atoms with Crippen molar-refractivity contribution in [2.24, 2.45) is 5.41 Å². The molecule has 1 N–H and O–H groups in total. The maximum atomic E-state index is 12.1. The molecule has 5 nitrogen and oxygen atoms in total. The van der Waals surface area contributed by atoms with Gasteiger partial charge in [-0.25, -0.2) is 9.78 Å². The van der Waals surface area contributed by atoms with Crippen LogP contribution in [0.15, 0.2) is 24.3 Å². The molecule has 6 heteroatoms. The molecule has 1 atom stereocenters. The molecule has 0 fully saturated rings. The highest BCUT2D eigenvalue weighted by atomic mass is 35.5. The van der Waals surface area contributed by atoms with E-state index in [1.54, 1.807) is 27.7 Å². The smallest absolute Gasteiger partial charge is 0.328 e. The van der Waals surface area contributed by atoms with Gasteiger partial charge in [0.15, 0.2) is 0 Å². The van der Waals surface area contributed by atoms with E-state index in [9.17, 15) is 9.59 Å². The van der Waals surface area contributed by atoms with Crippen molar-refractivity contribution < 1.29 is 14.3 Å². The molecule has 0 spiro atoms. The molecule has 2 rings (SSSR count). The standard InChI is InChI=1S/C19H23ClN2O3/c1-11-6-7-13-9-14(16(20)22-15(13)8-11)10-25-17(23)12(2)21-18(24)19(3,4)5/h6-9,12H,10H2,1-5H3,(H,21,24). The maximum absolute atomic E-state index is 12.1. The Balaban J connectivity index is 2.04. The van der Waals surface area contributed by atoms with Crippen molar-refractivity contribution in [3.63, 3.8) is 0 Å². The van der Waals surface area contributed by atoms with E-state index in [1.165, 1.54) is 0 Å². The van der Waals surface area contributed by atoms with Gasteiger partial charge in [-0.15, -0.1) is 0 Å². The lowest BCUT2D eigenvalue weighted by atomic mass is 9.95. The monoisotopic (exact) mass is 362 g/mol. The minimum absolute atomic E-state index is 0.00418. The van der Waals surface area contributed by atoms with Gasteiger partial charge in [-0.3, -0.25) is 4.79 Å². The summed E-state index contributed by atoms with van der Waals surface area (Å²) in [7, 11) is 0. The molecule has 0 saturated heterocycles. The SMILES string of the molecule is Cc1ccc2cc(COC(=O)C(C)NC(=O)C(C)(C)C)c(Cl)nc2c1. The van der Waals surface area contributed by atoms with E-state index in [0.29, 0.717) is 10.7 Å². The highest BCUT2D eigenvalue weighted by molar-refractivity contribution is 6.30. The summed E-state index contributed by atoms with van der Waals surface area (Å²) in [4.78, 5) is 28.4. The number of carbonyl (C=O) groups is 2. The summed E-state index contributed by atoms with van der Waals surface area (Å²) >= 11 is 6.19. The number of hydrogen-bond acceptors (Lipinski definition) is 4. The Morgan fingerprint density at radius 1 is 1.28 bits per heavy atom. The van der Waals surface area contributed by atoms with Crippen molar-refractivity contribution >= 4 is 34.4 Å². The summed E-state index contributed by atoms with van der Waals surface area (Å²) < 4.78 is 5.28. The number of ether oxygens (including phenoxy) is 1. The zero-order chi connectivity index (χ0) is 18.8. The first-order valence-electron chi connectivity index (χ1n) is 8.11. The number of amides is 1. The van der Waals surface area contributed by atoms with E-state index in [0.717, 1.165) is 16.5 Å². The Morgan fingerprint density at radius 2 is 1.96 bits per heavy atom. The Morgan fingerprint density at radius 3 is 2.60 bits per heavy atom. The zero-order valence-corrected chi connectivity index (χ0v) is 15.9. The van der Waals surface area contributed by atoms with E-state index in [2.05, 4.69) is 10.3 Å². The fourth-order valence-electron chi connectivity index (χ4n) is 2.14. The van der Waals surface area contributed by atoms with Crippen molar-refractivity contribution in [3.05, 3.63) is 40.5 Å². The minimum atomic E-state index is -0.735. The third-order valence-corrected chi connectivity index (χ3v) is 4.08. The van der Waals surface area contributed by atoms with E-state index < -0.39 is 17.4 Å². The molecule has 0 aliphatic carbocycles. The number of fused-ring (bicyclic) bond motifs is 1. The van der Waals surface area contributed by atoms with E-state index >= 15 is 0 Å². The fraction of sp³-hybridized carbons (Fsp3) is 0.421. The lowest BCUT2D eigenvalue weighted by Gasteiger charge is -2.21. The Kier molecular flexibility index (Phi) is 5.68. The van der Waals surface area contributed by atoms with Crippen molar-refractivity contribution in [1.82, 2.24) is 10.3 Å². The van der Waals surface area contributed by atoms with Gasteiger partial charge >= 0.3 is 5.97 Å². The third-order valence-electron chi connectivity index (χ3n) is 3.75. The molecule has 1 aromatic carbocycles. The van der Waals surface area contributed by atoms with Crippen molar-refractivity contribution in [1.29, 1.82) is 0 Å². The van der Waals surface area contributed by atoms with Crippen LogP contribution >= 0.6 is 11.6 Å². The van der Waals surface area contributed by atoms with Gasteiger partial charge < -0.3 is 10.1 Å². The number of aryl methyl sites for hydroxylation is 1. The summed E-state index contributed by atoms with van der Waals surface area (Å²) in [6, 6.07) is 7.00. The van der Waals surface area contributed by atoms with Gasteiger partial charge in [-0.1, -0.05) is 44.5 Å². The average Bonchev–Trinajstić information content (AvgIpc) is 2.51. The lowest BCUT2D eigenvalue weighted by molar-refractivity contribution is -0.149. The molecule has 0 aliphatic rings. The van der Waals surface area contributed by atoms with E-state index in [1.807, 2.05) is 31.2 Å². The van der Waals surface area contributed by atoms with Crippen LogP contribution in [0.1, 0.15) is 38.8 Å². The normalized spacial score (nSPS) is 12.7. The second-order valence-electron chi connectivity index (χ2n) is 7.19. The number of esters is 1. The second kappa shape index (κ2) is 7.40. The number of nitrogens with one attached hydrogen (secondary N) is 1. The number of hydrogen-bond donors (Lipinski definition) is 1. The van der Waals surface area contributed by atoms with Gasteiger partial charge in [0.25, 0.3) is 0 Å². The summed E-state index contributed by atoms with van der Waals surface area (Å²) in [5, 5.41) is 3.87. The van der Waals surface area contributed by atoms with Crippen LogP contribution in [0, 0.1) is 12.3 Å². The largest absolute Gasteiger partial charge is 0.459 e. The number of benzene rings is 1. The average molecular weight is 363 g/mol. The first kappa shape index (κ1) is 19.2. The van der Waals surface area contributed by atoms with Crippen LogP contribution in [-0.4, -0.2) is 22.9 Å². The molecule has 2 aromatic rings. The minimum Gasteiger partial charge on any atom is -0.459 e. The van der Waals surface area contributed by atoms with Gasteiger partial charge in [0, 0.05) is 16.4 Å². The number of halogens is 1. The first-order valence-corrected chi connectivity index (χ1v) is 8.49. The lowest BCUT2D eigenvalue weighted by Crippen LogP contribution is -2.44. The van der Waals surface area contributed by atoms with E-state index in [4.69, 9.17) is 16.3 Å². The summed E-state index contributed by atoms with van der Waals surface area (Å²) in [5.41, 5.74) is 1.95. The topological polar surface area (TPSA) is 68.3 Å². The number of aromatic nitrogens is 1. The van der Waals surface area contributed by atoms with Crippen molar-refractivity contribution in [2.45, 2.75) is 47.3 Å². The van der Waals surface area contributed by atoms with Crippen LogP contribution in [0.3, 0.4) is 0 Å². The first-order chi connectivity index (χ1) is 11.6. The molecule has 1 unspecified atom stereocenters. The summed E-state index contributed by atoms with van der Waals surface area (Å²) in [6.07, 6.45) is 0. The van der Waals surface area contributed by atoms with Gasteiger partial charge in [0.2, 0.25) is 5.91 Å². The molecule has 1 amide bonds. The van der Waals surface area contributed by atoms with Crippen molar-refractivity contribution in [3.8, 4) is 0 Å². The van der Waals surface area contributed by atoms with Crippen LogP contribution in [0.2, 0.25) is 5.15 Å². The van der Waals surface area contributed by atoms with Crippen LogP contribution in [0.5, 0.6) is 0 Å². The fourth-order valence-corrected chi connectivity index (χ4v) is 2.34. The molecule has 0 saturated carbocycles. The van der Waals surface area contributed by atoms with Gasteiger partial charge in [-0.05, 0) is 31.5 Å². The Bertz CT molecular complexity index is 812. The third kappa shape index (κ3) is 4.92. The highest BCUT2D eigenvalue weighted by Crippen LogP contribution is 2.22. The van der Waals surface area contributed by atoms with Crippen LogP contribution < -0.4 is 5.32 Å². The maximum Gasteiger partial charge on any atom is 0.328 e. The van der Waals surface area contributed by atoms with Crippen molar-refractivity contribution in [2.75, 3.05) is 0 Å². The Hall–Kier alpha value is -2.14. The Labute approximate surface area is 152 Å². The van der Waals surface area contributed by atoms with Gasteiger partial charge in [-0.2, -0.15) is 0 Å². The number of carbonyl (C=O) groups excluding carboxylic acids is 2. The molecular formula is C19H23ClN2O3.